The third kappa shape index (κ3) is 7.36. The summed E-state index contributed by atoms with van der Waals surface area (Å²) in [5.74, 6) is -0.724. The lowest BCUT2D eigenvalue weighted by atomic mass is 10.0. The number of anilines is 1. The number of carbonyl (C=O) groups excluding carboxylic acids is 2. The lowest BCUT2D eigenvalue weighted by molar-refractivity contribution is -0.139. The van der Waals surface area contributed by atoms with Crippen LogP contribution in [0.5, 0.6) is 0 Å². The van der Waals surface area contributed by atoms with E-state index in [1.54, 1.807) is 56.3 Å². The molecule has 0 saturated carbocycles. The number of nitrogens with zero attached hydrogens (tertiary/aromatic N) is 2. The van der Waals surface area contributed by atoms with E-state index >= 15 is 0 Å². The SMILES string of the molecule is CCNC(=O)C(C)N(Cc1c(Cl)cccc1Cl)C(=O)CN(c1ccc(C(C)C)cc1)S(=O)(=O)c1ccc(C)cc1. The number of aryl methyl sites for hydroxylation is 1. The minimum absolute atomic E-state index is 0.0521. The maximum atomic E-state index is 14.0. The molecule has 0 aromatic heterocycles. The van der Waals surface area contributed by atoms with Crippen LogP contribution in [-0.4, -0.2) is 44.3 Å². The van der Waals surface area contributed by atoms with E-state index < -0.39 is 28.5 Å². The molecule has 0 saturated heterocycles. The highest BCUT2D eigenvalue weighted by Crippen LogP contribution is 2.29. The Hall–Kier alpha value is -3.07. The number of hydrogen-bond donors (Lipinski definition) is 1. The topological polar surface area (TPSA) is 86.8 Å². The first-order valence-electron chi connectivity index (χ1n) is 13.1. The van der Waals surface area contributed by atoms with Gasteiger partial charge in [0.2, 0.25) is 11.8 Å². The molecule has 10 heteroatoms. The van der Waals surface area contributed by atoms with Crippen LogP contribution in [0.1, 0.15) is 50.3 Å². The molecule has 2 amide bonds. The molecule has 3 aromatic rings. The van der Waals surface area contributed by atoms with Gasteiger partial charge < -0.3 is 10.2 Å². The second kappa shape index (κ2) is 13.5. The third-order valence-electron chi connectivity index (χ3n) is 6.64. The van der Waals surface area contributed by atoms with Gasteiger partial charge in [0.25, 0.3) is 10.0 Å². The third-order valence-corrected chi connectivity index (χ3v) is 9.14. The fraction of sp³-hybridized carbons (Fsp3) is 0.333. The molecule has 0 aliphatic heterocycles. The largest absolute Gasteiger partial charge is 0.355 e. The Morgan fingerprint density at radius 2 is 1.48 bits per heavy atom. The van der Waals surface area contributed by atoms with Gasteiger partial charge in [-0.15, -0.1) is 0 Å². The van der Waals surface area contributed by atoms with Gasteiger partial charge in [0.15, 0.2) is 0 Å². The zero-order valence-corrected chi connectivity index (χ0v) is 25.6. The summed E-state index contributed by atoms with van der Waals surface area (Å²) in [6, 6.07) is 17.6. The summed E-state index contributed by atoms with van der Waals surface area (Å²) >= 11 is 12.8. The van der Waals surface area contributed by atoms with Crippen LogP contribution in [0.25, 0.3) is 0 Å². The molecule has 0 radical (unpaired) electrons. The maximum Gasteiger partial charge on any atom is 0.264 e. The van der Waals surface area contributed by atoms with Crippen LogP contribution in [0.2, 0.25) is 10.0 Å². The molecular weight excluding hydrogens is 569 g/mol. The van der Waals surface area contributed by atoms with Gasteiger partial charge in [-0.3, -0.25) is 13.9 Å². The van der Waals surface area contributed by atoms with Crippen LogP contribution in [0.3, 0.4) is 0 Å². The summed E-state index contributed by atoms with van der Waals surface area (Å²) in [5.41, 5.74) is 2.73. The van der Waals surface area contributed by atoms with E-state index in [2.05, 4.69) is 5.32 Å². The molecule has 3 aromatic carbocycles. The summed E-state index contributed by atoms with van der Waals surface area (Å²) in [7, 11) is -4.14. The van der Waals surface area contributed by atoms with Crippen LogP contribution in [0, 0.1) is 6.92 Å². The van der Waals surface area contributed by atoms with Crippen LogP contribution >= 0.6 is 23.2 Å². The number of rotatable bonds is 11. The standard InChI is InChI=1S/C30H35Cl2N3O4S/c1-6-33-30(37)22(5)34(18-26-27(31)8-7-9-28(26)32)29(36)19-35(24-14-12-23(13-15-24)20(2)3)40(38,39)25-16-10-21(4)11-17-25/h7-17,20,22H,6,18-19H2,1-5H3,(H,33,37). The quantitative estimate of drug-likeness (QED) is 0.284. The second-order valence-corrected chi connectivity index (χ2v) is 12.5. The fourth-order valence-corrected chi connectivity index (χ4v) is 6.08. The van der Waals surface area contributed by atoms with E-state index in [1.165, 1.54) is 17.0 Å². The lowest BCUT2D eigenvalue weighted by Gasteiger charge is -2.32. The molecule has 0 heterocycles. The van der Waals surface area contributed by atoms with Crippen molar-refractivity contribution in [3.05, 3.63) is 93.5 Å². The fourth-order valence-electron chi connectivity index (χ4n) is 4.15. The van der Waals surface area contributed by atoms with Crippen molar-refractivity contribution in [1.82, 2.24) is 10.2 Å². The predicted octanol–water partition coefficient (Wildman–Crippen LogP) is 6.17. The van der Waals surface area contributed by atoms with Crippen molar-refractivity contribution in [2.75, 3.05) is 17.4 Å². The first kappa shape index (κ1) is 31.5. The van der Waals surface area contributed by atoms with E-state index in [0.29, 0.717) is 27.8 Å². The van der Waals surface area contributed by atoms with Crippen molar-refractivity contribution in [1.29, 1.82) is 0 Å². The number of hydrogen-bond acceptors (Lipinski definition) is 4. The number of likely N-dealkylation sites (N-methyl/N-ethyl adjacent to an activating group) is 1. The van der Waals surface area contributed by atoms with Gasteiger partial charge in [-0.05, 0) is 68.7 Å². The Morgan fingerprint density at radius 1 is 0.900 bits per heavy atom. The lowest BCUT2D eigenvalue weighted by Crippen LogP contribution is -2.51. The van der Waals surface area contributed by atoms with E-state index in [9.17, 15) is 18.0 Å². The zero-order chi connectivity index (χ0) is 29.6. The van der Waals surface area contributed by atoms with Crippen LogP contribution in [0.4, 0.5) is 5.69 Å². The van der Waals surface area contributed by atoms with Crippen molar-refractivity contribution in [2.24, 2.45) is 0 Å². The first-order chi connectivity index (χ1) is 18.9. The Balaban J connectivity index is 2.08. The number of benzene rings is 3. The van der Waals surface area contributed by atoms with Gasteiger partial charge in [0.1, 0.15) is 12.6 Å². The van der Waals surface area contributed by atoms with Crippen LogP contribution in [-0.2, 0) is 26.2 Å². The van der Waals surface area contributed by atoms with Crippen molar-refractivity contribution in [2.45, 2.75) is 58.0 Å². The molecule has 0 bridgehead atoms. The molecule has 0 fully saturated rings. The Morgan fingerprint density at radius 3 is 2.00 bits per heavy atom. The van der Waals surface area contributed by atoms with E-state index in [1.807, 2.05) is 32.9 Å². The summed E-state index contributed by atoms with van der Waals surface area (Å²) in [6.07, 6.45) is 0. The zero-order valence-electron chi connectivity index (χ0n) is 23.3. The highest BCUT2D eigenvalue weighted by atomic mass is 35.5. The number of nitrogens with one attached hydrogen (secondary N) is 1. The molecule has 1 unspecified atom stereocenters. The van der Waals surface area contributed by atoms with Crippen LogP contribution in [0.15, 0.2) is 71.6 Å². The summed E-state index contributed by atoms with van der Waals surface area (Å²) in [4.78, 5) is 28.2. The Bertz CT molecular complexity index is 1420. The first-order valence-corrected chi connectivity index (χ1v) is 15.3. The highest BCUT2D eigenvalue weighted by Gasteiger charge is 2.33. The molecular formula is C30H35Cl2N3O4S. The van der Waals surface area contributed by atoms with Gasteiger partial charge in [0.05, 0.1) is 10.6 Å². The molecule has 1 atom stereocenters. The number of sulfonamides is 1. The van der Waals surface area contributed by atoms with Gasteiger partial charge in [-0.2, -0.15) is 0 Å². The van der Waals surface area contributed by atoms with Crippen molar-refractivity contribution in [3.63, 3.8) is 0 Å². The summed E-state index contributed by atoms with van der Waals surface area (Å²) in [5, 5.41) is 3.40. The smallest absolute Gasteiger partial charge is 0.264 e. The van der Waals surface area contributed by atoms with Crippen molar-refractivity contribution < 1.29 is 18.0 Å². The van der Waals surface area contributed by atoms with E-state index in [0.717, 1.165) is 15.4 Å². The molecule has 40 heavy (non-hydrogen) atoms. The van der Waals surface area contributed by atoms with E-state index in [-0.39, 0.29) is 23.3 Å². The maximum absolute atomic E-state index is 14.0. The molecule has 7 nitrogen and oxygen atoms in total. The number of amides is 2. The van der Waals surface area contributed by atoms with E-state index in [4.69, 9.17) is 23.2 Å². The van der Waals surface area contributed by atoms with Gasteiger partial charge >= 0.3 is 0 Å². The normalized spacial score (nSPS) is 12.2. The molecule has 3 rings (SSSR count). The Labute approximate surface area is 247 Å². The number of halogens is 2. The minimum atomic E-state index is -4.14. The minimum Gasteiger partial charge on any atom is -0.355 e. The van der Waals surface area contributed by atoms with Crippen LogP contribution < -0.4 is 9.62 Å². The Kier molecular flexibility index (Phi) is 10.6. The molecule has 0 spiro atoms. The molecule has 1 N–H and O–H groups in total. The molecule has 214 valence electrons. The van der Waals surface area contributed by atoms with Crippen molar-refractivity contribution >= 4 is 50.7 Å². The van der Waals surface area contributed by atoms with Crippen molar-refractivity contribution in [3.8, 4) is 0 Å². The molecule has 0 aliphatic rings. The predicted molar refractivity (Wildman–Crippen MR) is 161 cm³/mol. The molecule has 0 aliphatic carbocycles. The summed E-state index contributed by atoms with van der Waals surface area (Å²) in [6.45, 7) is 9.06. The average Bonchev–Trinajstić information content (AvgIpc) is 2.91. The van der Waals surface area contributed by atoms with Gasteiger partial charge in [0, 0.05) is 28.7 Å². The second-order valence-electron chi connectivity index (χ2n) is 9.86. The van der Waals surface area contributed by atoms with Gasteiger partial charge in [-0.25, -0.2) is 8.42 Å². The number of carbonyl (C=O) groups is 2. The highest BCUT2D eigenvalue weighted by molar-refractivity contribution is 7.92. The van der Waals surface area contributed by atoms with Gasteiger partial charge in [-0.1, -0.05) is 72.9 Å². The monoisotopic (exact) mass is 603 g/mol. The summed E-state index contributed by atoms with van der Waals surface area (Å²) < 4.78 is 28.9. The average molecular weight is 605 g/mol.